The Labute approximate surface area is 361 Å². The predicted molar refractivity (Wildman–Crippen MR) is 239 cm³/mol. The zero-order valence-electron chi connectivity index (χ0n) is 33.5. The van der Waals surface area contributed by atoms with Crippen molar-refractivity contribution >= 4 is 55.7 Å². The molecular weight excluding hydrogens is 823 g/mol. The van der Waals surface area contributed by atoms with Crippen molar-refractivity contribution in [2.45, 2.75) is 25.2 Å². The highest BCUT2D eigenvalue weighted by atomic mass is 19.4. The predicted octanol–water partition coefficient (Wildman–Crippen LogP) is 12.8. The van der Waals surface area contributed by atoms with Gasteiger partial charge in [0.25, 0.3) is 0 Å². The van der Waals surface area contributed by atoms with Gasteiger partial charge in [0.15, 0.2) is 17.5 Å². The molecule has 0 unspecified atom stereocenters. The maximum Gasteiger partial charge on any atom is 0.417 e. The van der Waals surface area contributed by atoms with Crippen molar-refractivity contribution < 1.29 is 30.8 Å². The van der Waals surface area contributed by atoms with Gasteiger partial charge in [-0.2, -0.15) is 26.3 Å². The molecule has 0 atom stereocenters. The summed E-state index contributed by atoms with van der Waals surface area (Å²) < 4.78 is 92.8. The third-order valence-corrected chi connectivity index (χ3v) is 11.9. The Bertz CT molecular complexity index is 3520. The number of allylic oxidation sites excluding steroid dienone is 6. The van der Waals surface area contributed by atoms with Crippen molar-refractivity contribution in [3.63, 3.8) is 0 Å². The van der Waals surface area contributed by atoms with E-state index in [1.54, 1.807) is 12.1 Å². The van der Waals surface area contributed by atoms with Crippen LogP contribution >= 0.6 is 0 Å². The molecule has 0 spiro atoms. The summed E-state index contributed by atoms with van der Waals surface area (Å²) in [5, 5.41) is 3.38. The van der Waals surface area contributed by atoms with E-state index in [0.717, 1.165) is 78.5 Å². The van der Waals surface area contributed by atoms with Crippen LogP contribution in [0.25, 0.3) is 89.6 Å². The van der Waals surface area contributed by atoms with Gasteiger partial charge >= 0.3 is 12.4 Å². The van der Waals surface area contributed by atoms with Crippen LogP contribution in [0.5, 0.6) is 0 Å². The van der Waals surface area contributed by atoms with Crippen molar-refractivity contribution in [2.75, 3.05) is 0 Å². The molecule has 0 saturated carbocycles. The number of para-hydroxylation sites is 1. The Kier molecular flexibility index (Phi) is 9.12. The molecule has 3 heterocycles. The molecule has 3 aromatic heterocycles. The Morgan fingerprint density at radius 2 is 1.27 bits per heavy atom. The fraction of sp³-hybridized carbons (Fsp3) is 0.0755. The van der Waals surface area contributed by atoms with E-state index < -0.39 is 23.5 Å². The largest absolute Gasteiger partial charge is 0.456 e. The first-order chi connectivity index (χ1) is 31.0. The number of hydrogen-bond donors (Lipinski definition) is 0. The molecular formula is C53H32F6N4O. The summed E-state index contributed by atoms with van der Waals surface area (Å²) in [7, 11) is 0. The van der Waals surface area contributed by atoms with E-state index in [1.165, 1.54) is 6.07 Å². The van der Waals surface area contributed by atoms with Gasteiger partial charge in [-0.25, -0.2) is 15.0 Å². The van der Waals surface area contributed by atoms with Crippen LogP contribution in [0.15, 0.2) is 168 Å². The van der Waals surface area contributed by atoms with Gasteiger partial charge in [-0.3, -0.25) is 0 Å². The summed E-state index contributed by atoms with van der Waals surface area (Å²) in [6, 6.07) is 39.6. The van der Waals surface area contributed by atoms with Crippen molar-refractivity contribution in [3.05, 3.63) is 197 Å². The molecule has 0 aliphatic heterocycles. The fourth-order valence-corrected chi connectivity index (χ4v) is 8.94. The minimum atomic E-state index is -5.04. The molecule has 11 rings (SSSR count). The van der Waals surface area contributed by atoms with Gasteiger partial charge < -0.3 is 8.98 Å². The number of rotatable bonds is 5. The third-order valence-electron chi connectivity index (χ3n) is 11.9. The van der Waals surface area contributed by atoms with Crippen LogP contribution in [0.3, 0.4) is 0 Å². The molecule has 312 valence electrons. The third kappa shape index (κ3) is 6.71. The molecule has 6 aromatic carbocycles. The Balaban J connectivity index is 1.19. The van der Waals surface area contributed by atoms with E-state index in [0.29, 0.717) is 40.9 Å². The summed E-state index contributed by atoms with van der Waals surface area (Å²) in [5.41, 5.74) is 5.25. The fourth-order valence-electron chi connectivity index (χ4n) is 8.94. The van der Waals surface area contributed by atoms with E-state index >= 15 is 0 Å². The van der Waals surface area contributed by atoms with Crippen LogP contribution in [0.1, 0.15) is 28.9 Å². The van der Waals surface area contributed by atoms with Crippen LogP contribution in [-0.4, -0.2) is 19.5 Å². The van der Waals surface area contributed by atoms with Crippen LogP contribution in [0.2, 0.25) is 0 Å². The van der Waals surface area contributed by atoms with Crippen LogP contribution in [0, 0.1) is 0 Å². The minimum Gasteiger partial charge on any atom is -0.456 e. The first kappa shape index (κ1) is 39.1. The Morgan fingerprint density at radius 1 is 0.578 bits per heavy atom. The molecule has 0 bridgehead atoms. The first-order valence-electron chi connectivity index (χ1n) is 20.5. The molecule has 2 aliphatic carbocycles. The molecule has 0 fully saturated rings. The van der Waals surface area contributed by atoms with Gasteiger partial charge in [0, 0.05) is 44.8 Å². The lowest BCUT2D eigenvalue weighted by Crippen LogP contribution is -2.14. The van der Waals surface area contributed by atoms with Gasteiger partial charge in [-0.05, 0) is 76.9 Å². The van der Waals surface area contributed by atoms with Crippen molar-refractivity contribution in [1.82, 2.24) is 19.5 Å². The van der Waals surface area contributed by atoms with Gasteiger partial charge in [0.1, 0.15) is 11.0 Å². The average molecular weight is 855 g/mol. The lowest BCUT2D eigenvalue weighted by atomic mass is 9.92. The second kappa shape index (κ2) is 14.9. The van der Waals surface area contributed by atoms with Crippen LogP contribution in [-0.2, 0) is 18.8 Å². The number of benzene rings is 6. The molecule has 11 heteroatoms. The highest BCUT2D eigenvalue weighted by Crippen LogP contribution is 2.44. The van der Waals surface area contributed by atoms with E-state index in [4.69, 9.17) is 19.4 Å². The molecule has 2 aliphatic rings. The molecule has 0 saturated heterocycles. The highest BCUT2D eigenvalue weighted by molar-refractivity contribution is 6.13. The first-order valence-corrected chi connectivity index (χ1v) is 20.5. The van der Waals surface area contributed by atoms with Crippen LogP contribution in [0.4, 0.5) is 26.3 Å². The second-order valence-electron chi connectivity index (χ2n) is 15.7. The highest BCUT2D eigenvalue weighted by Gasteiger charge is 2.38. The minimum absolute atomic E-state index is 0.126. The quantitative estimate of drug-likeness (QED) is 0.162. The Morgan fingerprint density at radius 3 is 1.98 bits per heavy atom. The number of alkyl halides is 6. The standard InChI is InChI=1S/C53H32F6N4O/c54-52(55,56)35-24-25-36(42(30-35)53(57,58)59)33-22-26-44-40(28-33)38-16-7-9-19-43(38)63(44)45-27-23-34(37-18-11-21-47-48(37)39-17-8-10-20-46(39)64-47)29-41(45)51-61-49(31-12-3-1-4-13-31)60-50(62-51)32-14-5-2-6-15-32/h1-16,18-28,30H,17,29H2. The topological polar surface area (TPSA) is 56.7 Å². The lowest BCUT2D eigenvalue weighted by molar-refractivity contribution is -0.142. The van der Waals surface area contributed by atoms with E-state index in [9.17, 15) is 26.3 Å². The molecule has 0 N–H and O–H groups in total. The second-order valence-corrected chi connectivity index (χ2v) is 15.7. The summed E-state index contributed by atoms with van der Waals surface area (Å²) >= 11 is 0. The molecule has 0 radical (unpaired) electrons. The lowest BCUT2D eigenvalue weighted by Gasteiger charge is -2.21. The smallest absolute Gasteiger partial charge is 0.417 e. The van der Waals surface area contributed by atoms with Gasteiger partial charge in [-0.1, -0.05) is 121 Å². The van der Waals surface area contributed by atoms with Crippen molar-refractivity contribution in [2.24, 2.45) is 0 Å². The van der Waals surface area contributed by atoms with Gasteiger partial charge in [0.05, 0.1) is 27.9 Å². The summed E-state index contributed by atoms with van der Waals surface area (Å²) in [6.45, 7) is 0. The number of aromatic nitrogens is 4. The monoisotopic (exact) mass is 854 g/mol. The summed E-state index contributed by atoms with van der Waals surface area (Å²) in [6.07, 6.45) is 1.29. The summed E-state index contributed by atoms with van der Waals surface area (Å²) in [5.74, 6) is 1.39. The van der Waals surface area contributed by atoms with Crippen LogP contribution < -0.4 is 10.6 Å². The number of hydrogen-bond acceptors (Lipinski definition) is 4. The Hall–Kier alpha value is -7.79. The van der Waals surface area contributed by atoms with E-state index in [-0.39, 0.29) is 17.2 Å². The zero-order chi connectivity index (χ0) is 43.7. The van der Waals surface area contributed by atoms with Crippen molar-refractivity contribution in [1.29, 1.82) is 0 Å². The molecule has 5 nitrogen and oxygen atoms in total. The maximum absolute atomic E-state index is 14.5. The maximum atomic E-state index is 14.5. The number of nitrogens with zero attached hydrogens (tertiary/aromatic N) is 4. The van der Waals surface area contributed by atoms with E-state index in [2.05, 4.69) is 22.8 Å². The summed E-state index contributed by atoms with van der Waals surface area (Å²) in [4.78, 5) is 15.3. The van der Waals surface area contributed by atoms with Gasteiger partial charge in [0.2, 0.25) is 0 Å². The number of halogens is 6. The zero-order valence-corrected chi connectivity index (χ0v) is 33.5. The average Bonchev–Trinajstić information content (AvgIpc) is 3.87. The van der Waals surface area contributed by atoms with E-state index in [1.807, 2.05) is 115 Å². The molecule has 64 heavy (non-hydrogen) atoms. The normalized spacial score (nSPS) is 15.0. The number of furan rings is 1. The molecule has 9 aromatic rings. The SMILES string of the molecule is FC(F)(F)c1ccc(-c2ccc3c(c2)c2ccccc2n3C2=C(c3nc(-c4ccccc4)nc(-c4ccccc4)n3)CC(=c3cccc4oc5c(c34)CC=CC=5)C=C2)c(C(F)(F)F)c1. The van der Waals surface area contributed by atoms with Crippen molar-refractivity contribution in [3.8, 4) is 33.9 Å². The molecule has 0 amide bonds. The number of fused-ring (bicyclic) bond motifs is 6. The van der Waals surface area contributed by atoms with Gasteiger partial charge in [-0.15, -0.1) is 0 Å².